The highest BCUT2D eigenvalue weighted by molar-refractivity contribution is 7.41. The molecule has 0 atom stereocenters. The number of hydrogen-bond acceptors (Lipinski definition) is 3. The van der Waals surface area contributed by atoms with Crippen molar-refractivity contribution in [1.29, 1.82) is 1.43 Å². The second kappa shape index (κ2) is 5.50. The van der Waals surface area contributed by atoms with Crippen LogP contribution in [-0.4, -0.2) is 6.33 Å². The summed E-state index contributed by atoms with van der Waals surface area (Å²) in [7, 11) is -1.74. The summed E-state index contributed by atoms with van der Waals surface area (Å²) in [6.07, 6.45) is 0. The summed E-state index contributed by atoms with van der Waals surface area (Å²) in [5.41, 5.74) is 0. The quantitative estimate of drug-likeness (QED) is 0.809. The summed E-state index contributed by atoms with van der Waals surface area (Å²) < 4.78 is 17.7. The van der Waals surface area contributed by atoms with Crippen molar-refractivity contribution in [3.63, 3.8) is 0 Å². The van der Waals surface area contributed by atoms with E-state index in [0.29, 0.717) is 11.5 Å². The van der Waals surface area contributed by atoms with Crippen LogP contribution >= 0.6 is 8.60 Å². The maximum absolute atomic E-state index is 6.94. The van der Waals surface area contributed by atoms with E-state index in [2.05, 4.69) is 4.90 Å². The lowest BCUT2D eigenvalue weighted by atomic mass is 10.3. The van der Waals surface area contributed by atoms with Crippen molar-refractivity contribution in [1.82, 2.24) is 0 Å². The number of para-hydroxylation sites is 2. The first-order chi connectivity index (χ1) is 8.38. The Bertz CT molecular complexity index is 397. The molecular weight excluding hydrogens is 223 g/mol. The maximum Gasteiger partial charge on any atom is 0.460 e. The fourth-order valence-electron chi connectivity index (χ4n) is 1.15. The van der Waals surface area contributed by atoms with Gasteiger partial charge in [-0.1, -0.05) is 36.4 Å². The van der Waals surface area contributed by atoms with Crippen LogP contribution in [0.25, 0.3) is 0 Å². The van der Waals surface area contributed by atoms with E-state index in [1.807, 2.05) is 36.4 Å². The molecule has 0 bridgehead atoms. The highest BCUT2D eigenvalue weighted by Gasteiger charge is 2.10. The third-order valence-corrected chi connectivity index (χ3v) is 2.57. The first kappa shape index (κ1) is 9.64. The second-order valence-corrected chi connectivity index (χ2v) is 3.84. The summed E-state index contributed by atoms with van der Waals surface area (Å²) in [6.45, 7) is 0. The van der Waals surface area contributed by atoms with E-state index in [0.717, 1.165) is 0 Å². The average molecular weight is 236 g/mol. The normalized spacial score (nSPS) is 10.9. The van der Waals surface area contributed by atoms with Gasteiger partial charge in [0.1, 0.15) is 11.5 Å². The van der Waals surface area contributed by atoms with Gasteiger partial charge in [0.2, 0.25) is 1.43 Å². The molecule has 16 heavy (non-hydrogen) atoms. The third kappa shape index (κ3) is 3.23. The lowest BCUT2D eigenvalue weighted by Gasteiger charge is -2.11. The zero-order valence-electron chi connectivity index (χ0n) is 9.45. The lowest BCUT2D eigenvalue weighted by molar-refractivity contribution is 0.382. The van der Waals surface area contributed by atoms with Crippen molar-refractivity contribution >= 4 is 8.60 Å². The minimum absolute atomic E-state index is 0.613. The maximum atomic E-state index is 6.94. The molecule has 1 N–H and O–H groups in total. The number of benzene rings is 2. The van der Waals surface area contributed by atoms with Crippen LogP contribution in [0.2, 0.25) is 0 Å². The fourth-order valence-corrected chi connectivity index (χ4v) is 1.78. The van der Waals surface area contributed by atoms with Gasteiger partial charge in [-0.05, 0) is 24.3 Å². The van der Waals surface area contributed by atoms with Crippen molar-refractivity contribution in [2.75, 3.05) is 0 Å². The van der Waals surface area contributed by atoms with E-state index in [1.54, 1.807) is 24.3 Å². The molecule has 0 saturated carbocycles. The molecule has 4 heteroatoms. The Kier molecular flexibility index (Phi) is 3.31. The standard InChI is InChI=1S/C12H11O3P/c13-16(14-11-7-3-1-4-8-11)15-12-9-5-2-6-10-12/h1-10,13H/i13T. The Morgan fingerprint density at radius 2 is 1.25 bits per heavy atom. The highest BCUT2D eigenvalue weighted by Crippen LogP contribution is 2.35. The molecule has 2 aromatic rings. The fraction of sp³-hybridized carbons (Fsp3) is 0. The molecule has 0 spiro atoms. The Morgan fingerprint density at radius 1 is 0.812 bits per heavy atom. The molecule has 0 aromatic heterocycles. The Morgan fingerprint density at radius 3 is 1.62 bits per heavy atom. The first-order valence-electron chi connectivity index (χ1n) is 5.19. The zero-order valence-corrected chi connectivity index (χ0v) is 9.34. The van der Waals surface area contributed by atoms with Crippen LogP contribution in [0.15, 0.2) is 60.7 Å². The monoisotopic (exact) mass is 236 g/mol. The summed E-state index contributed by atoms with van der Waals surface area (Å²) in [5, 5.41) is 0. The van der Waals surface area contributed by atoms with Crippen molar-refractivity contribution in [3.8, 4) is 11.5 Å². The van der Waals surface area contributed by atoms with Gasteiger partial charge in [-0.2, -0.15) is 0 Å². The van der Waals surface area contributed by atoms with E-state index in [4.69, 9.17) is 10.5 Å². The largest absolute Gasteiger partial charge is 0.460 e. The van der Waals surface area contributed by atoms with Crippen LogP contribution in [0.4, 0.5) is 0 Å². The minimum atomic E-state index is -1.74. The van der Waals surface area contributed by atoms with E-state index in [9.17, 15) is 0 Å². The van der Waals surface area contributed by atoms with Gasteiger partial charge in [-0.3, -0.25) is 0 Å². The van der Waals surface area contributed by atoms with Gasteiger partial charge in [-0.25, -0.2) is 0 Å². The van der Waals surface area contributed by atoms with Gasteiger partial charge in [0.05, 0.1) is 0 Å². The Labute approximate surface area is 96.8 Å². The Balaban J connectivity index is 1.98. The van der Waals surface area contributed by atoms with Gasteiger partial charge in [-0.15, -0.1) is 0 Å². The van der Waals surface area contributed by atoms with Gasteiger partial charge in [0, 0.05) is 0 Å². The molecule has 0 amide bonds. The van der Waals surface area contributed by atoms with Crippen molar-refractivity contribution in [2.45, 2.75) is 0 Å². The summed E-state index contributed by atoms with van der Waals surface area (Å²) >= 11 is 0. The SMILES string of the molecule is [3H]OP(Oc1ccccc1)Oc1ccccc1. The number of rotatable bonds is 5. The van der Waals surface area contributed by atoms with E-state index < -0.39 is 8.60 Å². The topological polar surface area (TPSA) is 38.7 Å². The molecule has 0 aliphatic carbocycles. The third-order valence-electron chi connectivity index (χ3n) is 1.85. The smallest absolute Gasteiger partial charge is 0.418 e. The predicted octanol–water partition coefficient (Wildman–Crippen LogP) is 3.36. The van der Waals surface area contributed by atoms with Gasteiger partial charge in [0.15, 0.2) is 0 Å². The molecule has 0 radical (unpaired) electrons. The molecular formula is C12H11O3P. The van der Waals surface area contributed by atoms with Crippen molar-refractivity contribution in [3.05, 3.63) is 60.7 Å². The van der Waals surface area contributed by atoms with Crippen molar-refractivity contribution in [2.24, 2.45) is 0 Å². The molecule has 0 saturated heterocycles. The Hall–Kier alpha value is -1.57. The van der Waals surface area contributed by atoms with Crippen LogP contribution in [0.3, 0.4) is 0 Å². The molecule has 82 valence electrons. The molecule has 2 rings (SSSR count). The lowest BCUT2D eigenvalue weighted by Crippen LogP contribution is -1.93. The summed E-state index contributed by atoms with van der Waals surface area (Å²) in [6, 6.07) is 18.3. The van der Waals surface area contributed by atoms with E-state index >= 15 is 0 Å². The molecule has 3 nitrogen and oxygen atoms in total. The first-order valence-corrected chi connectivity index (χ1v) is 5.87. The minimum Gasteiger partial charge on any atom is -0.418 e. The van der Waals surface area contributed by atoms with Crippen LogP contribution in [0.1, 0.15) is 0 Å². The molecule has 0 heterocycles. The molecule has 0 unspecified atom stereocenters. The molecule has 0 aliphatic heterocycles. The van der Waals surface area contributed by atoms with Crippen LogP contribution in [0, 0.1) is 0 Å². The molecule has 2 aromatic carbocycles. The average Bonchev–Trinajstić information content (AvgIpc) is 2.40. The van der Waals surface area contributed by atoms with E-state index in [-0.39, 0.29) is 0 Å². The van der Waals surface area contributed by atoms with Crippen LogP contribution < -0.4 is 9.05 Å². The van der Waals surface area contributed by atoms with Gasteiger partial charge >= 0.3 is 8.60 Å². The van der Waals surface area contributed by atoms with Gasteiger partial charge in [0.25, 0.3) is 0 Å². The van der Waals surface area contributed by atoms with E-state index in [1.165, 1.54) is 0 Å². The summed E-state index contributed by atoms with van der Waals surface area (Å²) in [5.74, 6) is 1.23. The zero-order chi connectivity index (χ0) is 11.9. The molecule has 0 fully saturated rings. The van der Waals surface area contributed by atoms with Gasteiger partial charge < -0.3 is 13.9 Å². The van der Waals surface area contributed by atoms with Crippen LogP contribution in [-0.2, 0) is 0 Å². The second-order valence-electron chi connectivity index (χ2n) is 3.03. The predicted molar refractivity (Wildman–Crippen MR) is 63.3 cm³/mol. The number of hydrogen-bond donors (Lipinski definition) is 1. The van der Waals surface area contributed by atoms with Crippen molar-refractivity contribution < 1.29 is 13.9 Å². The molecule has 0 aliphatic rings. The van der Waals surface area contributed by atoms with Crippen LogP contribution in [0.5, 0.6) is 11.5 Å². The summed E-state index contributed by atoms with van der Waals surface area (Å²) in [4.78, 5) is 4.43. The highest BCUT2D eigenvalue weighted by atomic mass is 31.2.